The van der Waals surface area contributed by atoms with Crippen LogP contribution in [0.25, 0.3) is 0 Å². The highest BCUT2D eigenvalue weighted by Crippen LogP contribution is 2.20. The largest absolute Gasteiger partial charge is 0.496 e. The second-order valence-electron chi connectivity index (χ2n) is 3.78. The van der Waals surface area contributed by atoms with Crippen molar-refractivity contribution in [2.45, 2.75) is 19.8 Å². The predicted molar refractivity (Wildman–Crippen MR) is 69.5 cm³/mol. The number of carbonyl (C=O) groups is 1. The van der Waals surface area contributed by atoms with Crippen LogP contribution in [0, 0.1) is 0 Å². The SMILES string of the molecule is C=CCc1cc(C(=O)NCCC)ccc1OC. The molecule has 0 heterocycles. The van der Waals surface area contributed by atoms with Crippen LogP contribution >= 0.6 is 0 Å². The van der Waals surface area contributed by atoms with Crippen molar-refractivity contribution in [2.75, 3.05) is 13.7 Å². The molecule has 3 nitrogen and oxygen atoms in total. The lowest BCUT2D eigenvalue weighted by molar-refractivity contribution is 0.0953. The Morgan fingerprint density at radius 3 is 2.88 bits per heavy atom. The maximum atomic E-state index is 11.8. The summed E-state index contributed by atoms with van der Waals surface area (Å²) in [6.45, 7) is 6.42. The van der Waals surface area contributed by atoms with E-state index in [-0.39, 0.29) is 5.91 Å². The minimum absolute atomic E-state index is 0.0418. The molecule has 1 rings (SSSR count). The van der Waals surface area contributed by atoms with Crippen molar-refractivity contribution in [1.29, 1.82) is 0 Å². The summed E-state index contributed by atoms with van der Waals surface area (Å²) < 4.78 is 5.23. The van der Waals surface area contributed by atoms with Crippen molar-refractivity contribution in [3.05, 3.63) is 42.0 Å². The highest BCUT2D eigenvalue weighted by Gasteiger charge is 2.08. The number of amides is 1. The van der Waals surface area contributed by atoms with Crippen molar-refractivity contribution in [1.82, 2.24) is 5.32 Å². The Hall–Kier alpha value is -1.77. The first-order valence-electron chi connectivity index (χ1n) is 5.79. The number of methoxy groups -OCH3 is 1. The zero-order chi connectivity index (χ0) is 12.7. The highest BCUT2D eigenvalue weighted by molar-refractivity contribution is 5.94. The van der Waals surface area contributed by atoms with Gasteiger partial charge in [-0.25, -0.2) is 0 Å². The molecule has 92 valence electrons. The monoisotopic (exact) mass is 233 g/mol. The average Bonchev–Trinajstić information content (AvgIpc) is 2.36. The fourth-order valence-corrected chi connectivity index (χ4v) is 1.58. The Labute approximate surface area is 102 Å². The van der Waals surface area contributed by atoms with Crippen LogP contribution in [0.2, 0.25) is 0 Å². The number of nitrogens with one attached hydrogen (secondary N) is 1. The van der Waals surface area contributed by atoms with Crippen LogP contribution in [0.1, 0.15) is 29.3 Å². The summed E-state index contributed by atoms with van der Waals surface area (Å²) in [4.78, 5) is 11.8. The first-order valence-corrected chi connectivity index (χ1v) is 5.79. The van der Waals surface area contributed by atoms with Gasteiger partial charge in [0.15, 0.2) is 0 Å². The number of ether oxygens (including phenoxy) is 1. The topological polar surface area (TPSA) is 38.3 Å². The lowest BCUT2D eigenvalue weighted by Crippen LogP contribution is -2.24. The molecule has 0 fully saturated rings. The maximum Gasteiger partial charge on any atom is 0.251 e. The predicted octanol–water partition coefficient (Wildman–Crippen LogP) is 2.56. The molecule has 0 aliphatic rings. The Morgan fingerprint density at radius 2 is 2.29 bits per heavy atom. The highest BCUT2D eigenvalue weighted by atomic mass is 16.5. The molecule has 0 bridgehead atoms. The van der Waals surface area contributed by atoms with Gasteiger partial charge in [0.1, 0.15) is 5.75 Å². The second kappa shape index (κ2) is 6.74. The minimum Gasteiger partial charge on any atom is -0.496 e. The maximum absolute atomic E-state index is 11.8. The van der Waals surface area contributed by atoms with Crippen LogP contribution in [0.15, 0.2) is 30.9 Å². The summed E-state index contributed by atoms with van der Waals surface area (Å²) in [6.07, 6.45) is 3.42. The van der Waals surface area contributed by atoms with Crippen LogP contribution in [0.5, 0.6) is 5.75 Å². The van der Waals surface area contributed by atoms with E-state index in [1.54, 1.807) is 19.3 Å². The fraction of sp³-hybridized carbons (Fsp3) is 0.357. The smallest absolute Gasteiger partial charge is 0.251 e. The van der Waals surface area contributed by atoms with Gasteiger partial charge in [-0.1, -0.05) is 13.0 Å². The van der Waals surface area contributed by atoms with E-state index in [2.05, 4.69) is 11.9 Å². The number of allylic oxidation sites excluding steroid dienone is 1. The normalized spacial score (nSPS) is 9.76. The number of rotatable bonds is 6. The molecule has 0 spiro atoms. The third-order valence-corrected chi connectivity index (χ3v) is 2.44. The van der Waals surface area contributed by atoms with Gasteiger partial charge in [-0.15, -0.1) is 6.58 Å². The number of hydrogen-bond donors (Lipinski definition) is 1. The molecule has 17 heavy (non-hydrogen) atoms. The van der Waals surface area contributed by atoms with E-state index in [9.17, 15) is 4.79 Å². The summed E-state index contributed by atoms with van der Waals surface area (Å²) in [5.41, 5.74) is 1.64. The van der Waals surface area contributed by atoms with Gasteiger partial charge in [-0.3, -0.25) is 4.79 Å². The third kappa shape index (κ3) is 3.63. The van der Waals surface area contributed by atoms with Crippen LogP contribution < -0.4 is 10.1 Å². The molecule has 0 aromatic heterocycles. The lowest BCUT2D eigenvalue weighted by atomic mass is 10.1. The Balaban J connectivity index is 2.90. The van der Waals surface area contributed by atoms with Gasteiger partial charge in [0, 0.05) is 12.1 Å². The summed E-state index contributed by atoms with van der Waals surface area (Å²) in [6, 6.07) is 5.45. The van der Waals surface area contributed by atoms with E-state index in [0.29, 0.717) is 18.5 Å². The molecule has 0 saturated carbocycles. The van der Waals surface area contributed by atoms with Crippen molar-refractivity contribution in [3.8, 4) is 5.75 Å². The first-order chi connectivity index (χ1) is 8.22. The van der Waals surface area contributed by atoms with Gasteiger partial charge < -0.3 is 10.1 Å². The molecule has 1 aromatic carbocycles. The van der Waals surface area contributed by atoms with Gasteiger partial charge in [0.2, 0.25) is 0 Å². The van der Waals surface area contributed by atoms with Crippen LogP contribution in [0.3, 0.4) is 0 Å². The van der Waals surface area contributed by atoms with E-state index in [1.165, 1.54) is 0 Å². The fourth-order valence-electron chi connectivity index (χ4n) is 1.58. The molecule has 1 amide bonds. The van der Waals surface area contributed by atoms with Crippen molar-refractivity contribution in [2.24, 2.45) is 0 Å². The van der Waals surface area contributed by atoms with Gasteiger partial charge in [0.25, 0.3) is 5.91 Å². The molecule has 0 atom stereocenters. The molecule has 3 heteroatoms. The molecule has 0 aliphatic heterocycles. The average molecular weight is 233 g/mol. The van der Waals surface area contributed by atoms with Gasteiger partial charge in [-0.2, -0.15) is 0 Å². The number of benzene rings is 1. The van der Waals surface area contributed by atoms with Crippen molar-refractivity contribution >= 4 is 5.91 Å². The van der Waals surface area contributed by atoms with Crippen LogP contribution in [-0.4, -0.2) is 19.6 Å². The molecular formula is C14H19NO2. The van der Waals surface area contributed by atoms with E-state index in [0.717, 1.165) is 17.7 Å². The summed E-state index contributed by atoms with van der Waals surface area (Å²) in [5, 5.41) is 2.85. The van der Waals surface area contributed by atoms with Crippen LogP contribution in [0.4, 0.5) is 0 Å². The molecule has 0 aliphatic carbocycles. The number of hydrogen-bond acceptors (Lipinski definition) is 2. The van der Waals surface area contributed by atoms with E-state index in [4.69, 9.17) is 4.74 Å². The van der Waals surface area contributed by atoms with Gasteiger partial charge in [0.05, 0.1) is 7.11 Å². The number of carbonyl (C=O) groups excluding carboxylic acids is 1. The zero-order valence-electron chi connectivity index (χ0n) is 10.5. The van der Waals surface area contributed by atoms with E-state index < -0.39 is 0 Å². The first kappa shape index (κ1) is 13.3. The summed E-state index contributed by atoms with van der Waals surface area (Å²) in [7, 11) is 1.62. The minimum atomic E-state index is -0.0418. The Bertz CT molecular complexity index is 399. The van der Waals surface area contributed by atoms with E-state index in [1.807, 2.05) is 19.1 Å². The molecule has 0 radical (unpaired) electrons. The second-order valence-corrected chi connectivity index (χ2v) is 3.78. The lowest BCUT2D eigenvalue weighted by Gasteiger charge is -2.09. The Kier molecular flexibility index (Phi) is 5.27. The molecule has 0 saturated heterocycles. The zero-order valence-corrected chi connectivity index (χ0v) is 10.5. The van der Waals surface area contributed by atoms with Crippen molar-refractivity contribution < 1.29 is 9.53 Å². The Morgan fingerprint density at radius 1 is 1.53 bits per heavy atom. The van der Waals surface area contributed by atoms with Gasteiger partial charge in [-0.05, 0) is 36.6 Å². The molecule has 0 unspecified atom stereocenters. The van der Waals surface area contributed by atoms with Crippen LogP contribution in [-0.2, 0) is 6.42 Å². The van der Waals surface area contributed by atoms with Gasteiger partial charge >= 0.3 is 0 Å². The van der Waals surface area contributed by atoms with Crippen molar-refractivity contribution in [3.63, 3.8) is 0 Å². The molecular weight excluding hydrogens is 214 g/mol. The van der Waals surface area contributed by atoms with E-state index >= 15 is 0 Å². The third-order valence-electron chi connectivity index (χ3n) is 2.44. The quantitative estimate of drug-likeness (QED) is 0.767. The molecule has 1 aromatic rings. The summed E-state index contributed by atoms with van der Waals surface area (Å²) >= 11 is 0. The molecule has 1 N–H and O–H groups in total. The summed E-state index contributed by atoms with van der Waals surface area (Å²) in [5.74, 6) is 0.747. The standard InChI is InChI=1S/C14H19NO2/c1-4-6-11-10-12(7-8-13(11)17-3)14(16)15-9-5-2/h4,7-8,10H,1,5-6,9H2,2-3H3,(H,15,16).